The predicted octanol–water partition coefficient (Wildman–Crippen LogP) is 3.16. The van der Waals surface area contributed by atoms with Crippen LogP contribution in [0, 0.1) is 0 Å². The summed E-state index contributed by atoms with van der Waals surface area (Å²) in [4.78, 5) is 0. The fourth-order valence-corrected chi connectivity index (χ4v) is 1.71. The first-order valence-corrected chi connectivity index (χ1v) is 5.03. The number of halogens is 3. The Kier molecular flexibility index (Phi) is 3.98. The lowest BCUT2D eigenvalue weighted by atomic mass is 9.95. The molecule has 82 valence electrons. The van der Waals surface area contributed by atoms with Crippen molar-refractivity contribution >= 4 is 0 Å². The first kappa shape index (κ1) is 11.6. The van der Waals surface area contributed by atoms with E-state index in [4.69, 9.17) is 5.73 Å². The normalized spacial score (nSPS) is 25.9. The SMILES string of the molecule is NC(/C1=C/CCCCCC1)C(F)(F)F. The smallest absolute Gasteiger partial charge is 0.317 e. The van der Waals surface area contributed by atoms with Gasteiger partial charge >= 0.3 is 6.18 Å². The third-order valence-electron chi connectivity index (χ3n) is 2.58. The Labute approximate surface area is 82.2 Å². The largest absolute Gasteiger partial charge is 0.407 e. The average molecular weight is 207 g/mol. The number of hydrogen-bond acceptors (Lipinski definition) is 1. The molecule has 0 heterocycles. The summed E-state index contributed by atoms with van der Waals surface area (Å²) in [5.41, 5.74) is 5.53. The second-order valence-electron chi connectivity index (χ2n) is 3.75. The van der Waals surface area contributed by atoms with Gasteiger partial charge < -0.3 is 5.73 Å². The zero-order chi connectivity index (χ0) is 10.6. The van der Waals surface area contributed by atoms with Gasteiger partial charge in [0.2, 0.25) is 0 Å². The van der Waals surface area contributed by atoms with Crippen molar-refractivity contribution in [3.63, 3.8) is 0 Å². The highest BCUT2D eigenvalue weighted by Crippen LogP contribution is 2.28. The summed E-state index contributed by atoms with van der Waals surface area (Å²) in [5.74, 6) is 0. The van der Waals surface area contributed by atoms with Crippen LogP contribution in [0.2, 0.25) is 0 Å². The lowest BCUT2D eigenvalue weighted by Crippen LogP contribution is -2.39. The molecule has 0 aliphatic heterocycles. The lowest BCUT2D eigenvalue weighted by Gasteiger charge is -2.20. The molecule has 0 saturated carbocycles. The van der Waals surface area contributed by atoms with Gasteiger partial charge in [-0.05, 0) is 31.3 Å². The molecule has 2 N–H and O–H groups in total. The maximum Gasteiger partial charge on any atom is 0.407 e. The second-order valence-corrected chi connectivity index (χ2v) is 3.75. The van der Waals surface area contributed by atoms with Gasteiger partial charge in [-0.1, -0.05) is 18.9 Å². The highest BCUT2D eigenvalue weighted by molar-refractivity contribution is 5.13. The Bertz CT molecular complexity index is 208. The molecule has 1 rings (SSSR count). The van der Waals surface area contributed by atoms with E-state index in [0.717, 1.165) is 32.1 Å². The van der Waals surface area contributed by atoms with Crippen molar-refractivity contribution in [1.82, 2.24) is 0 Å². The first-order valence-electron chi connectivity index (χ1n) is 5.03. The van der Waals surface area contributed by atoms with Gasteiger partial charge in [0.05, 0.1) is 0 Å². The van der Waals surface area contributed by atoms with Gasteiger partial charge in [-0.25, -0.2) is 0 Å². The molecule has 0 aromatic carbocycles. The van der Waals surface area contributed by atoms with Gasteiger partial charge in [0.15, 0.2) is 0 Å². The van der Waals surface area contributed by atoms with Crippen molar-refractivity contribution < 1.29 is 13.2 Å². The molecule has 0 saturated heterocycles. The zero-order valence-corrected chi connectivity index (χ0v) is 8.11. The van der Waals surface area contributed by atoms with E-state index in [0.29, 0.717) is 12.0 Å². The number of hydrogen-bond donors (Lipinski definition) is 1. The fraction of sp³-hybridized carbons (Fsp3) is 0.800. The van der Waals surface area contributed by atoms with Crippen LogP contribution < -0.4 is 5.73 Å². The summed E-state index contributed by atoms with van der Waals surface area (Å²) in [6.45, 7) is 0. The van der Waals surface area contributed by atoms with Gasteiger partial charge in [-0.3, -0.25) is 0 Å². The Morgan fingerprint density at radius 3 is 2.43 bits per heavy atom. The highest BCUT2D eigenvalue weighted by Gasteiger charge is 2.38. The monoisotopic (exact) mass is 207 g/mol. The number of allylic oxidation sites excluding steroid dienone is 1. The molecule has 0 radical (unpaired) electrons. The molecule has 1 nitrogen and oxygen atoms in total. The first-order chi connectivity index (χ1) is 6.52. The van der Waals surface area contributed by atoms with Crippen LogP contribution in [-0.4, -0.2) is 12.2 Å². The Balaban J connectivity index is 2.63. The minimum absolute atomic E-state index is 0.372. The topological polar surface area (TPSA) is 26.0 Å². The Morgan fingerprint density at radius 1 is 1.14 bits per heavy atom. The van der Waals surface area contributed by atoms with Crippen molar-refractivity contribution in [2.45, 2.75) is 50.7 Å². The van der Waals surface area contributed by atoms with Crippen LogP contribution >= 0.6 is 0 Å². The molecule has 0 amide bonds. The van der Waals surface area contributed by atoms with Crippen LogP contribution in [-0.2, 0) is 0 Å². The second kappa shape index (κ2) is 4.82. The zero-order valence-electron chi connectivity index (χ0n) is 8.11. The van der Waals surface area contributed by atoms with E-state index in [9.17, 15) is 13.2 Å². The minimum atomic E-state index is -4.29. The summed E-state index contributed by atoms with van der Waals surface area (Å²) < 4.78 is 36.9. The van der Waals surface area contributed by atoms with Gasteiger partial charge in [0.1, 0.15) is 6.04 Å². The van der Waals surface area contributed by atoms with Gasteiger partial charge in [0.25, 0.3) is 0 Å². The van der Waals surface area contributed by atoms with Crippen molar-refractivity contribution in [1.29, 1.82) is 0 Å². The molecule has 14 heavy (non-hydrogen) atoms. The molecule has 4 heteroatoms. The summed E-state index contributed by atoms with van der Waals surface area (Å²) in [7, 11) is 0. The van der Waals surface area contributed by atoms with Crippen molar-refractivity contribution in [3.8, 4) is 0 Å². The van der Waals surface area contributed by atoms with E-state index in [2.05, 4.69) is 0 Å². The Hall–Kier alpha value is -0.510. The maximum absolute atomic E-state index is 12.3. The van der Waals surface area contributed by atoms with Gasteiger partial charge in [-0.2, -0.15) is 13.2 Å². The summed E-state index contributed by atoms with van der Waals surface area (Å²) >= 11 is 0. The molecule has 1 aliphatic rings. The van der Waals surface area contributed by atoms with Crippen LogP contribution in [0.4, 0.5) is 13.2 Å². The van der Waals surface area contributed by atoms with Gasteiger partial charge in [-0.15, -0.1) is 0 Å². The Morgan fingerprint density at radius 2 is 1.79 bits per heavy atom. The molecular weight excluding hydrogens is 191 g/mol. The van der Waals surface area contributed by atoms with Gasteiger partial charge in [0, 0.05) is 0 Å². The van der Waals surface area contributed by atoms with Crippen LogP contribution in [0.5, 0.6) is 0 Å². The molecule has 1 aliphatic carbocycles. The average Bonchev–Trinajstić information content (AvgIpc) is 2.00. The van der Waals surface area contributed by atoms with Crippen LogP contribution in [0.15, 0.2) is 11.6 Å². The number of rotatable bonds is 1. The summed E-state index contributed by atoms with van der Waals surface area (Å²) in [5, 5.41) is 0. The number of alkyl halides is 3. The molecule has 1 unspecified atom stereocenters. The number of nitrogens with two attached hydrogens (primary N) is 1. The molecular formula is C10H16F3N. The molecule has 0 fully saturated rings. The lowest BCUT2D eigenvalue weighted by molar-refractivity contribution is -0.139. The standard InChI is InChI=1S/C10H16F3N/c11-10(12,13)9(14)8-6-4-2-1-3-5-7-8/h6,9H,1-5,7,14H2/b8-6+. The molecule has 1 atom stereocenters. The quantitative estimate of drug-likeness (QED) is 0.657. The van der Waals surface area contributed by atoms with Crippen LogP contribution in [0.25, 0.3) is 0 Å². The molecule has 0 aromatic heterocycles. The van der Waals surface area contributed by atoms with E-state index in [1.54, 1.807) is 6.08 Å². The van der Waals surface area contributed by atoms with Crippen LogP contribution in [0.1, 0.15) is 38.5 Å². The van der Waals surface area contributed by atoms with Crippen molar-refractivity contribution in [3.05, 3.63) is 11.6 Å². The van der Waals surface area contributed by atoms with Crippen LogP contribution in [0.3, 0.4) is 0 Å². The summed E-state index contributed by atoms with van der Waals surface area (Å²) in [6, 6.07) is -1.75. The van der Waals surface area contributed by atoms with E-state index in [1.165, 1.54) is 0 Å². The van der Waals surface area contributed by atoms with E-state index < -0.39 is 12.2 Å². The third kappa shape index (κ3) is 3.33. The van der Waals surface area contributed by atoms with Crippen molar-refractivity contribution in [2.24, 2.45) is 5.73 Å². The van der Waals surface area contributed by atoms with E-state index >= 15 is 0 Å². The maximum atomic E-state index is 12.3. The van der Waals surface area contributed by atoms with Crippen molar-refractivity contribution in [2.75, 3.05) is 0 Å². The van der Waals surface area contributed by atoms with E-state index in [1.807, 2.05) is 0 Å². The third-order valence-corrected chi connectivity index (χ3v) is 2.58. The highest BCUT2D eigenvalue weighted by atomic mass is 19.4. The minimum Gasteiger partial charge on any atom is -0.317 e. The summed E-state index contributed by atoms with van der Waals surface area (Å²) in [6.07, 6.45) is 2.57. The fourth-order valence-electron chi connectivity index (χ4n) is 1.71. The molecule has 0 bridgehead atoms. The predicted molar refractivity (Wildman–Crippen MR) is 49.8 cm³/mol. The molecule has 0 spiro atoms. The van der Waals surface area contributed by atoms with E-state index in [-0.39, 0.29) is 0 Å². The molecule has 0 aromatic rings.